The highest BCUT2D eigenvalue weighted by atomic mass is 35.5. The summed E-state index contributed by atoms with van der Waals surface area (Å²) in [5.41, 5.74) is 1.36. The second kappa shape index (κ2) is 6.70. The van der Waals surface area contributed by atoms with E-state index in [9.17, 15) is 14.6 Å². The molecule has 0 radical (unpaired) electrons. The molecule has 2 rings (SSSR count). The van der Waals surface area contributed by atoms with Gasteiger partial charge in [-0.05, 0) is 18.2 Å². The Morgan fingerprint density at radius 1 is 1.00 bits per heavy atom. The predicted octanol–water partition coefficient (Wildman–Crippen LogP) is 3.04. The van der Waals surface area contributed by atoms with Crippen molar-refractivity contribution in [3.63, 3.8) is 0 Å². The molecule has 0 aliphatic heterocycles. The molecule has 0 saturated heterocycles. The number of ether oxygens (including phenoxy) is 1. The largest absolute Gasteiger partial charge is 0.488 e. The van der Waals surface area contributed by atoms with E-state index in [4.69, 9.17) is 16.3 Å². The highest BCUT2D eigenvalue weighted by molar-refractivity contribution is 6.31. The Morgan fingerprint density at radius 2 is 1.60 bits per heavy atom. The summed E-state index contributed by atoms with van der Waals surface area (Å²) in [6.07, 6.45) is 0. The SMILES string of the molecule is OCc1cc(F)cc(CO)c1OCc1ccccc1Cl. The molecule has 0 heterocycles. The van der Waals surface area contributed by atoms with Gasteiger partial charge in [-0.1, -0.05) is 29.8 Å². The van der Waals surface area contributed by atoms with Crippen LogP contribution in [0.2, 0.25) is 5.02 Å². The molecule has 0 unspecified atom stereocenters. The molecule has 0 aromatic heterocycles. The number of aliphatic hydroxyl groups is 2. The third-order valence-electron chi connectivity index (χ3n) is 2.88. The molecule has 20 heavy (non-hydrogen) atoms. The Kier molecular flexibility index (Phi) is 4.95. The lowest BCUT2D eigenvalue weighted by Gasteiger charge is -2.15. The molecule has 0 fully saturated rings. The topological polar surface area (TPSA) is 49.7 Å². The fraction of sp³-hybridized carbons (Fsp3) is 0.200. The first-order valence-electron chi connectivity index (χ1n) is 6.05. The van der Waals surface area contributed by atoms with Gasteiger partial charge in [0.25, 0.3) is 0 Å². The number of rotatable bonds is 5. The molecule has 2 aromatic rings. The summed E-state index contributed by atoms with van der Waals surface area (Å²) >= 11 is 6.02. The van der Waals surface area contributed by atoms with Crippen LogP contribution in [0.15, 0.2) is 36.4 Å². The lowest BCUT2D eigenvalue weighted by atomic mass is 10.1. The van der Waals surface area contributed by atoms with Gasteiger partial charge in [-0.25, -0.2) is 4.39 Å². The molecule has 106 valence electrons. The van der Waals surface area contributed by atoms with E-state index in [1.165, 1.54) is 12.1 Å². The van der Waals surface area contributed by atoms with Crippen molar-refractivity contribution in [1.82, 2.24) is 0 Å². The van der Waals surface area contributed by atoms with Crippen molar-refractivity contribution in [1.29, 1.82) is 0 Å². The van der Waals surface area contributed by atoms with Crippen LogP contribution >= 0.6 is 11.6 Å². The third-order valence-corrected chi connectivity index (χ3v) is 3.25. The van der Waals surface area contributed by atoms with E-state index in [0.29, 0.717) is 16.1 Å². The first-order chi connectivity index (χ1) is 9.65. The zero-order valence-corrected chi connectivity index (χ0v) is 11.4. The van der Waals surface area contributed by atoms with E-state index in [0.717, 1.165) is 5.56 Å². The van der Waals surface area contributed by atoms with Crippen LogP contribution in [0.3, 0.4) is 0 Å². The summed E-state index contributed by atoms with van der Waals surface area (Å²) in [6.45, 7) is -0.573. The van der Waals surface area contributed by atoms with Gasteiger partial charge in [0.15, 0.2) is 0 Å². The van der Waals surface area contributed by atoms with Gasteiger partial charge in [-0.15, -0.1) is 0 Å². The molecule has 0 bridgehead atoms. The summed E-state index contributed by atoms with van der Waals surface area (Å²) in [6, 6.07) is 9.55. The van der Waals surface area contributed by atoms with E-state index in [-0.39, 0.29) is 25.6 Å². The van der Waals surface area contributed by atoms with Gasteiger partial charge in [0, 0.05) is 21.7 Å². The number of hydrogen-bond donors (Lipinski definition) is 2. The maximum Gasteiger partial charge on any atom is 0.131 e. The van der Waals surface area contributed by atoms with Crippen molar-refractivity contribution in [3.8, 4) is 5.75 Å². The molecule has 3 nitrogen and oxygen atoms in total. The van der Waals surface area contributed by atoms with Gasteiger partial charge in [0.2, 0.25) is 0 Å². The Hall–Kier alpha value is -1.62. The monoisotopic (exact) mass is 296 g/mol. The number of aliphatic hydroxyl groups excluding tert-OH is 2. The van der Waals surface area contributed by atoms with Crippen LogP contribution in [0.1, 0.15) is 16.7 Å². The minimum absolute atomic E-state index is 0.172. The van der Waals surface area contributed by atoms with Crippen LogP contribution in [0.25, 0.3) is 0 Å². The summed E-state index contributed by atoms with van der Waals surface area (Å²) in [7, 11) is 0. The van der Waals surface area contributed by atoms with E-state index < -0.39 is 5.82 Å². The minimum atomic E-state index is -0.525. The zero-order valence-electron chi connectivity index (χ0n) is 10.6. The molecule has 2 aromatic carbocycles. The van der Waals surface area contributed by atoms with Crippen LogP contribution in [0.5, 0.6) is 5.75 Å². The highest BCUT2D eigenvalue weighted by Gasteiger charge is 2.12. The van der Waals surface area contributed by atoms with Crippen LogP contribution in [-0.4, -0.2) is 10.2 Å². The van der Waals surface area contributed by atoms with Gasteiger partial charge < -0.3 is 14.9 Å². The number of benzene rings is 2. The second-order valence-corrected chi connectivity index (χ2v) is 4.66. The summed E-state index contributed by atoms with van der Waals surface area (Å²) in [4.78, 5) is 0. The van der Waals surface area contributed by atoms with Crippen molar-refractivity contribution < 1.29 is 19.3 Å². The number of hydrogen-bond acceptors (Lipinski definition) is 3. The normalized spacial score (nSPS) is 10.6. The molecule has 0 atom stereocenters. The maximum atomic E-state index is 13.3. The first kappa shape index (κ1) is 14.8. The molecule has 2 N–H and O–H groups in total. The van der Waals surface area contributed by atoms with Crippen molar-refractivity contribution >= 4 is 11.6 Å². The van der Waals surface area contributed by atoms with Crippen molar-refractivity contribution in [3.05, 3.63) is 63.9 Å². The van der Waals surface area contributed by atoms with Crippen LogP contribution < -0.4 is 4.74 Å². The summed E-state index contributed by atoms with van der Waals surface area (Å²) in [5, 5.41) is 19.1. The van der Waals surface area contributed by atoms with E-state index >= 15 is 0 Å². The molecule has 0 amide bonds. The van der Waals surface area contributed by atoms with E-state index in [1.807, 2.05) is 18.2 Å². The third kappa shape index (κ3) is 3.28. The van der Waals surface area contributed by atoms with Crippen LogP contribution in [0.4, 0.5) is 4.39 Å². The Bertz CT molecular complexity index is 576. The van der Waals surface area contributed by atoms with Crippen LogP contribution in [0, 0.1) is 5.82 Å². The second-order valence-electron chi connectivity index (χ2n) is 4.25. The maximum absolute atomic E-state index is 13.3. The highest BCUT2D eigenvalue weighted by Crippen LogP contribution is 2.28. The van der Waals surface area contributed by atoms with E-state index in [1.54, 1.807) is 6.07 Å². The van der Waals surface area contributed by atoms with Crippen molar-refractivity contribution in [2.75, 3.05) is 0 Å². The molecule has 0 saturated carbocycles. The average Bonchev–Trinajstić information content (AvgIpc) is 2.46. The summed E-state index contributed by atoms with van der Waals surface area (Å²) < 4.78 is 18.9. The average molecular weight is 297 g/mol. The molecular weight excluding hydrogens is 283 g/mol. The van der Waals surface area contributed by atoms with Gasteiger partial charge in [0.05, 0.1) is 13.2 Å². The van der Waals surface area contributed by atoms with Crippen molar-refractivity contribution in [2.45, 2.75) is 19.8 Å². The van der Waals surface area contributed by atoms with Gasteiger partial charge in [-0.3, -0.25) is 0 Å². The summed E-state index contributed by atoms with van der Waals surface area (Å²) in [5.74, 6) is -0.237. The first-order valence-corrected chi connectivity index (χ1v) is 6.42. The fourth-order valence-electron chi connectivity index (χ4n) is 1.90. The Labute approximate surface area is 121 Å². The number of halogens is 2. The minimum Gasteiger partial charge on any atom is -0.488 e. The van der Waals surface area contributed by atoms with Gasteiger partial charge in [0.1, 0.15) is 18.2 Å². The lowest BCUT2D eigenvalue weighted by Crippen LogP contribution is -2.04. The molecular formula is C15H14ClFO3. The standard InChI is InChI=1S/C15H14ClFO3/c16-14-4-2-1-3-10(14)9-20-15-11(7-18)5-13(17)6-12(15)8-19/h1-6,18-19H,7-9H2. The van der Waals surface area contributed by atoms with E-state index in [2.05, 4.69) is 0 Å². The van der Waals surface area contributed by atoms with Crippen molar-refractivity contribution in [2.24, 2.45) is 0 Å². The Morgan fingerprint density at radius 3 is 2.15 bits per heavy atom. The molecule has 0 spiro atoms. The smallest absolute Gasteiger partial charge is 0.131 e. The predicted molar refractivity (Wildman–Crippen MR) is 74.0 cm³/mol. The molecule has 5 heteroatoms. The molecule has 0 aliphatic rings. The zero-order chi connectivity index (χ0) is 14.5. The van der Waals surface area contributed by atoms with Crippen LogP contribution in [-0.2, 0) is 19.8 Å². The lowest BCUT2D eigenvalue weighted by molar-refractivity contribution is 0.241. The molecule has 0 aliphatic carbocycles. The fourth-order valence-corrected chi connectivity index (χ4v) is 2.09. The van der Waals surface area contributed by atoms with Gasteiger partial charge >= 0.3 is 0 Å². The van der Waals surface area contributed by atoms with Gasteiger partial charge in [-0.2, -0.15) is 0 Å². The Balaban J connectivity index is 2.27. The quantitative estimate of drug-likeness (QED) is 0.891.